The van der Waals surface area contributed by atoms with Gasteiger partial charge in [-0.05, 0) is 85.0 Å². The summed E-state index contributed by atoms with van der Waals surface area (Å²) in [5.74, 6) is -2.01. The van der Waals surface area contributed by atoms with E-state index in [0.29, 0.717) is 32.1 Å². The summed E-state index contributed by atoms with van der Waals surface area (Å²) in [5.41, 5.74) is -0.525. The number of hydrogen-bond donors (Lipinski definition) is 1. The zero-order chi connectivity index (χ0) is 26.1. The Bertz CT molecular complexity index is 964. The van der Waals surface area contributed by atoms with Crippen LogP contribution in [-0.2, 0) is 14.4 Å². The Kier molecular flexibility index (Phi) is 8.38. The van der Waals surface area contributed by atoms with Crippen molar-refractivity contribution in [3.63, 3.8) is 0 Å². The third kappa shape index (κ3) is 4.53. The molecule has 0 aromatic heterocycles. The van der Waals surface area contributed by atoms with Crippen LogP contribution < -0.4 is 0 Å². The van der Waals surface area contributed by atoms with E-state index in [2.05, 4.69) is 12.2 Å². The molecule has 34 heavy (non-hydrogen) atoms. The summed E-state index contributed by atoms with van der Waals surface area (Å²) >= 11 is 0. The van der Waals surface area contributed by atoms with E-state index in [-0.39, 0.29) is 17.5 Å². The molecule has 1 fully saturated rings. The summed E-state index contributed by atoms with van der Waals surface area (Å²) in [6, 6.07) is 0. The fourth-order valence-corrected chi connectivity index (χ4v) is 6.03. The van der Waals surface area contributed by atoms with Crippen molar-refractivity contribution in [1.29, 1.82) is 0 Å². The lowest BCUT2D eigenvalue weighted by Crippen LogP contribution is -2.70. The van der Waals surface area contributed by atoms with Crippen LogP contribution in [0.3, 0.4) is 0 Å². The summed E-state index contributed by atoms with van der Waals surface area (Å²) in [7, 11) is 0. The van der Waals surface area contributed by atoms with Gasteiger partial charge in [-0.15, -0.1) is 0 Å². The molecular formula is C30H44O4. The molecule has 188 valence electrons. The zero-order valence-corrected chi connectivity index (χ0v) is 22.7. The molecule has 2 aliphatic carbocycles. The van der Waals surface area contributed by atoms with Crippen LogP contribution >= 0.6 is 0 Å². The topological polar surface area (TPSA) is 71.4 Å². The van der Waals surface area contributed by atoms with Crippen LogP contribution in [-0.4, -0.2) is 22.5 Å². The van der Waals surface area contributed by atoms with Crippen molar-refractivity contribution in [2.45, 2.75) is 94.4 Å². The van der Waals surface area contributed by atoms with Gasteiger partial charge in [-0.1, -0.05) is 55.7 Å². The largest absolute Gasteiger partial charge is 0.511 e. The molecule has 2 bridgehead atoms. The second kappa shape index (κ2) is 10.2. The Morgan fingerprint density at radius 2 is 1.59 bits per heavy atom. The van der Waals surface area contributed by atoms with Crippen molar-refractivity contribution < 1.29 is 19.5 Å². The van der Waals surface area contributed by atoms with Gasteiger partial charge in [0.15, 0.2) is 22.8 Å². The Labute approximate surface area is 206 Å². The summed E-state index contributed by atoms with van der Waals surface area (Å²) in [4.78, 5) is 42.4. The molecule has 0 heterocycles. The Balaban J connectivity index is 2.91. The summed E-state index contributed by atoms with van der Waals surface area (Å²) in [6.45, 7) is 17.5. The number of aliphatic hydroxyl groups excluding tert-OH is 1. The van der Waals surface area contributed by atoms with E-state index in [4.69, 9.17) is 0 Å². The normalized spacial score (nSPS) is 30.5. The van der Waals surface area contributed by atoms with Gasteiger partial charge in [0.1, 0.15) is 5.76 Å². The van der Waals surface area contributed by atoms with E-state index in [0.717, 1.165) is 11.1 Å². The first-order chi connectivity index (χ1) is 15.7. The quantitative estimate of drug-likeness (QED) is 0.285. The van der Waals surface area contributed by atoms with Gasteiger partial charge in [0.25, 0.3) is 0 Å². The number of rotatable bonds is 9. The predicted octanol–water partition coefficient (Wildman–Crippen LogP) is 7.26. The average Bonchev–Trinajstić information content (AvgIpc) is 2.71. The first kappa shape index (κ1) is 28.0. The number of allylic oxidation sites excluding steroid dienone is 8. The maximum Gasteiger partial charge on any atom is 0.180 e. The van der Waals surface area contributed by atoms with Crippen LogP contribution in [0.5, 0.6) is 0 Å². The second-order valence-electron chi connectivity index (χ2n) is 11.7. The zero-order valence-electron chi connectivity index (χ0n) is 22.7. The van der Waals surface area contributed by atoms with Gasteiger partial charge in [0.05, 0.1) is 5.41 Å². The molecule has 1 N–H and O–H groups in total. The van der Waals surface area contributed by atoms with Crippen molar-refractivity contribution in [3.8, 4) is 0 Å². The molecule has 4 heteroatoms. The van der Waals surface area contributed by atoms with E-state index in [1.54, 1.807) is 13.8 Å². The molecule has 0 unspecified atom stereocenters. The highest BCUT2D eigenvalue weighted by Gasteiger charge is 2.74. The van der Waals surface area contributed by atoms with E-state index < -0.39 is 33.7 Å². The van der Waals surface area contributed by atoms with E-state index >= 15 is 0 Å². The number of aliphatic hydroxyl groups is 1. The van der Waals surface area contributed by atoms with Gasteiger partial charge >= 0.3 is 0 Å². The lowest BCUT2D eigenvalue weighted by molar-refractivity contribution is -0.179. The molecule has 2 rings (SSSR count). The summed E-state index contributed by atoms with van der Waals surface area (Å²) in [6.07, 6.45) is 10.0. The summed E-state index contributed by atoms with van der Waals surface area (Å²) in [5, 5.41) is 11.1. The van der Waals surface area contributed by atoms with Crippen LogP contribution in [0.2, 0.25) is 0 Å². The minimum atomic E-state index is -1.78. The molecule has 0 aromatic rings. The third-order valence-corrected chi connectivity index (χ3v) is 8.04. The number of carbonyl (C=O) groups excluding carboxylic acids is 3. The van der Waals surface area contributed by atoms with Crippen molar-refractivity contribution in [3.05, 3.63) is 46.8 Å². The van der Waals surface area contributed by atoms with Gasteiger partial charge in [-0.25, -0.2) is 0 Å². The van der Waals surface area contributed by atoms with E-state index in [9.17, 15) is 19.5 Å². The van der Waals surface area contributed by atoms with E-state index in [1.165, 1.54) is 11.6 Å². The molecule has 4 atom stereocenters. The Morgan fingerprint density at radius 1 is 1.03 bits per heavy atom. The average molecular weight is 469 g/mol. The van der Waals surface area contributed by atoms with Gasteiger partial charge in [-0.2, -0.15) is 0 Å². The van der Waals surface area contributed by atoms with Crippen LogP contribution in [0, 0.1) is 28.1 Å². The Morgan fingerprint density at radius 3 is 2.09 bits per heavy atom. The maximum absolute atomic E-state index is 14.5. The summed E-state index contributed by atoms with van der Waals surface area (Å²) < 4.78 is 0. The molecule has 4 nitrogen and oxygen atoms in total. The number of ketones is 3. The highest BCUT2D eigenvalue weighted by atomic mass is 16.3. The molecule has 0 aromatic carbocycles. The highest BCUT2D eigenvalue weighted by molar-refractivity contribution is 6.32. The smallest absolute Gasteiger partial charge is 0.180 e. The van der Waals surface area contributed by atoms with Crippen molar-refractivity contribution in [2.24, 2.45) is 28.1 Å². The fraction of sp³-hybridized carbons (Fsp3) is 0.633. The molecule has 0 radical (unpaired) electrons. The molecule has 0 aliphatic heterocycles. The fourth-order valence-electron chi connectivity index (χ4n) is 6.03. The van der Waals surface area contributed by atoms with Crippen LogP contribution in [0.4, 0.5) is 0 Å². The van der Waals surface area contributed by atoms with Gasteiger partial charge < -0.3 is 5.11 Å². The minimum Gasteiger partial charge on any atom is -0.511 e. The standard InChI is InChI=1S/C30H44O4/c1-19(2)11-10-15-28(9)23(13-12-20(3)4)18-29(16-14-21(5)6)24(31)17-25(32)30(28,27(29)34)26(33)22(7)8/h11-12,14,17,22-23,31H,10,13,15-16,18H2,1-9H3/t23-,28+,29-,30-/m0/s1. The molecule has 1 saturated carbocycles. The SMILES string of the molecule is CC(C)=CCC[C@]1(C)[C@@H](CC=C(C)C)C[C@]2(CC=C(C)C)C(=O)[C@@]1(C(=O)C(C)C)C(=O)C=C2O. The Hall–Kier alpha value is -2.23. The predicted molar refractivity (Wildman–Crippen MR) is 138 cm³/mol. The number of carbonyl (C=O) groups is 3. The first-order valence-electron chi connectivity index (χ1n) is 12.6. The number of Topliss-reactive ketones (excluding diaryl/α,β-unsaturated/α-hetero) is 2. The maximum atomic E-state index is 14.5. The van der Waals surface area contributed by atoms with Crippen molar-refractivity contribution >= 4 is 17.3 Å². The highest BCUT2D eigenvalue weighted by Crippen LogP contribution is 2.66. The van der Waals surface area contributed by atoms with Crippen LogP contribution in [0.1, 0.15) is 94.4 Å². The van der Waals surface area contributed by atoms with Gasteiger partial charge in [0, 0.05) is 12.0 Å². The monoisotopic (exact) mass is 468 g/mol. The van der Waals surface area contributed by atoms with Gasteiger partial charge in [0.2, 0.25) is 0 Å². The second-order valence-corrected chi connectivity index (χ2v) is 11.7. The third-order valence-electron chi connectivity index (χ3n) is 8.04. The first-order valence-corrected chi connectivity index (χ1v) is 12.6. The molecule has 0 saturated heterocycles. The molecule has 0 amide bonds. The van der Waals surface area contributed by atoms with E-state index in [1.807, 2.05) is 54.5 Å². The lowest BCUT2D eigenvalue weighted by atomic mass is 9.39. The van der Waals surface area contributed by atoms with Crippen LogP contribution in [0.25, 0.3) is 0 Å². The van der Waals surface area contributed by atoms with Gasteiger partial charge in [-0.3, -0.25) is 14.4 Å². The van der Waals surface area contributed by atoms with Crippen LogP contribution in [0.15, 0.2) is 46.8 Å². The minimum absolute atomic E-state index is 0.112. The van der Waals surface area contributed by atoms with Crippen molar-refractivity contribution in [1.82, 2.24) is 0 Å². The number of hydrogen-bond acceptors (Lipinski definition) is 4. The molecule has 0 spiro atoms. The lowest BCUT2D eigenvalue weighted by Gasteiger charge is -2.60. The molecular weight excluding hydrogens is 424 g/mol. The van der Waals surface area contributed by atoms with Crippen molar-refractivity contribution in [2.75, 3.05) is 0 Å². The molecule has 2 aliphatic rings. The number of fused-ring (bicyclic) bond motifs is 2.